The van der Waals surface area contributed by atoms with Gasteiger partial charge >= 0.3 is 0 Å². The molecule has 1 aliphatic rings. The highest BCUT2D eigenvalue weighted by molar-refractivity contribution is 7.09. The molecule has 0 spiro atoms. The molecule has 2 heterocycles. The van der Waals surface area contributed by atoms with Crippen molar-refractivity contribution < 1.29 is 0 Å². The number of hydrogen-bond acceptors (Lipinski definition) is 3. The van der Waals surface area contributed by atoms with Gasteiger partial charge in [0.05, 0.1) is 0 Å². The Hall–Kier alpha value is -0.380. The second-order valence-electron chi connectivity index (χ2n) is 4.49. The van der Waals surface area contributed by atoms with Crippen molar-refractivity contribution in [2.45, 2.75) is 19.4 Å². The summed E-state index contributed by atoms with van der Waals surface area (Å²) < 4.78 is 0. The molecule has 0 saturated carbocycles. The van der Waals surface area contributed by atoms with E-state index in [1.165, 1.54) is 37.4 Å². The molecule has 2 rings (SSSR count). The first-order valence-corrected chi connectivity index (χ1v) is 6.64. The highest BCUT2D eigenvalue weighted by Crippen LogP contribution is 2.15. The molecule has 1 aromatic rings. The number of hydrogen-bond donors (Lipinski definition) is 1. The van der Waals surface area contributed by atoms with Crippen LogP contribution in [0.15, 0.2) is 17.5 Å². The Morgan fingerprint density at radius 3 is 3.20 bits per heavy atom. The molecule has 84 valence electrons. The number of nitrogens with one attached hydrogen (secondary N) is 1. The molecule has 1 saturated heterocycles. The molecule has 0 amide bonds. The molecule has 0 aromatic carbocycles. The average Bonchev–Trinajstić information content (AvgIpc) is 2.71. The maximum absolute atomic E-state index is 3.47. The monoisotopic (exact) mass is 224 g/mol. The molecule has 1 N–H and O–H groups in total. The van der Waals surface area contributed by atoms with Gasteiger partial charge < -0.3 is 10.2 Å². The van der Waals surface area contributed by atoms with Crippen molar-refractivity contribution in [3.63, 3.8) is 0 Å². The predicted molar refractivity (Wildman–Crippen MR) is 66.2 cm³/mol. The van der Waals surface area contributed by atoms with Crippen LogP contribution in [0.3, 0.4) is 0 Å². The minimum absolute atomic E-state index is 0.851. The van der Waals surface area contributed by atoms with E-state index in [4.69, 9.17) is 0 Å². The summed E-state index contributed by atoms with van der Waals surface area (Å²) in [6.07, 6.45) is 2.74. The van der Waals surface area contributed by atoms with E-state index in [9.17, 15) is 0 Å². The molecule has 0 bridgehead atoms. The van der Waals surface area contributed by atoms with Crippen LogP contribution < -0.4 is 5.32 Å². The third-order valence-electron chi connectivity index (χ3n) is 2.97. The Labute approximate surface area is 96.3 Å². The lowest BCUT2D eigenvalue weighted by atomic mass is 9.99. The lowest BCUT2D eigenvalue weighted by Crippen LogP contribution is -2.36. The van der Waals surface area contributed by atoms with E-state index < -0.39 is 0 Å². The van der Waals surface area contributed by atoms with Gasteiger partial charge in [-0.25, -0.2) is 0 Å². The summed E-state index contributed by atoms with van der Waals surface area (Å²) >= 11 is 1.86. The van der Waals surface area contributed by atoms with Crippen LogP contribution in [0.5, 0.6) is 0 Å². The Kier molecular flexibility index (Phi) is 4.18. The summed E-state index contributed by atoms with van der Waals surface area (Å²) in [7, 11) is 2.23. The molecule has 1 unspecified atom stereocenters. The number of piperidine rings is 1. The van der Waals surface area contributed by atoms with Crippen LogP contribution >= 0.6 is 11.3 Å². The third-order valence-corrected chi connectivity index (χ3v) is 3.84. The first-order chi connectivity index (χ1) is 7.34. The lowest BCUT2D eigenvalue weighted by Gasteiger charge is -2.27. The Bertz CT molecular complexity index is 265. The summed E-state index contributed by atoms with van der Waals surface area (Å²) in [5.41, 5.74) is 0. The Morgan fingerprint density at radius 1 is 1.60 bits per heavy atom. The van der Waals surface area contributed by atoms with Gasteiger partial charge in [-0.15, -0.1) is 11.3 Å². The largest absolute Gasteiger partial charge is 0.316 e. The van der Waals surface area contributed by atoms with Crippen LogP contribution in [0.25, 0.3) is 0 Å². The fraction of sp³-hybridized carbons (Fsp3) is 0.667. The normalized spacial score (nSPS) is 22.1. The molecule has 1 aliphatic heterocycles. The average molecular weight is 224 g/mol. The first kappa shape index (κ1) is 11.1. The van der Waals surface area contributed by atoms with Crippen LogP contribution in [0.2, 0.25) is 0 Å². The van der Waals surface area contributed by atoms with Gasteiger partial charge in [0.15, 0.2) is 0 Å². The predicted octanol–water partition coefficient (Wildman–Crippen LogP) is 2.18. The fourth-order valence-corrected chi connectivity index (χ4v) is 3.04. The SMILES string of the molecule is CN(Cc1cccs1)CC1CCCNC1. The second-order valence-corrected chi connectivity index (χ2v) is 5.52. The highest BCUT2D eigenvalue weighted by Gasteiger charge is 2.14. The molecular weight excluding hydrogens is 204 g/mol. The molecule has 1 atom stereocenters. The Balaban J connectivity index is 1.74. The van der Waals surface area contributed by atoms with Gasteiger partial charge in [-0.3, -0.25) is 0 Å². The fourth-order valence-electron chi connectivity index (χ4n) is 2.25. The molecule has 0 aliphatic carbocycles. The number of rotatable bonds is 4. The van der Waals surface area contributed by atoms with E-state index in [1.54, 1.807) is 0 Å². The zero-order valence-electron chi connectivity index (χ0n) is 9.41. The van der Waals surface area contributed by atoms with E-state index in [2.05, 4.69) is 34.8 Å². The van der Waals surface area contributed by atoms with Crippen molar-refractivity contribution >= 4 is 11.3 Å². The molecule has 3 heteroatoms. The van der Waals surface area contributed by atoms with Crippen molar-refractivity contribution in [1.29, 1.82) is 0 Å². The summed E-state index contributed by atoms with van der Waals surface area (Å²) in [6.45, 7) is 4.75. The smallest absolute Gasteiger partial charge is 0.0324 e. The minimum Gasteiger partial charge on any atom is -0.316 e. The molecule has 1 aromatic heterocycles. The third kappa shape index (κ3) is 3.59. The van der Waals surface area contributed by atoms with Gasteiger partial charge in [0.2, 0.25) is 0 Å². The minimum atomic E-state index is 0.851. The van der Waals surface area contributed by atoms with Gasteiger partial charge in [-0.2, -0.15) is 0 Å². The number of nitrogens with zero attached hydrogens (tertiary/aromatic N) is 1. The zero-order valence-corrected chi connectivity index (χ0v) is 10.2. The Morgan fingerprint density at radius 2 is 2.53 bits per heavy atom. The van der Waals surface area contributed by atoms with E-state index in [0.29, 0.717) is 0 Å². The second kappa shape index (κ2) is 5.64. The van der Waals surface area contributed by atoms with Gasteiger partial charge in [0, 0.05) is 18.0 Å². The standard InChI is InChI=1S/C12H20N2S/c1-14(10-12-5-3-7-15-12)9-11-4-2-6-13-8-11/h3,5,7,11,13H,2,4,6,8-10H2,1H3. The van der Waals surface area contributed by atoms with Crippen LogP contribution in [-0.2, 0) is 6.54 Å². The molecular formula is C12H20N2S. The van der Waals surface area contributed by atoms with Crippen molar-refractivity contribution in [3.8, 4) is 0 Å². The van der Waals surface area contributed by atoms with Crippen molar-refractivity contribution in [2.24, 2.45) is 5.92 Å². The number of thiophene rings is 1. The van der Waals surface area contributed by atoms with E-state index in [-0.39, 0.29) is 0 Å². The quantitative estimate of drug-likeness (QED) is 0.843. The maximum Gasteiger partial charge on any atom is 0.0324 e. The van der Waals surface area contributed by atoms with Crippen LogP contribution in [0.1, 0.15) is 17.7 Å². The molecule has 2 nitrogen and oxygen atoms in total. The van der Waals surface area contributed by atoms with Gasteiger partial charge in [0.25, 0.3) is 0 Å². The summed E-state index contributed by atoms with van der Waals surface area (Å²) in [4.78, 5) is 3.92. The first-order valence-electron chi connectivity index (χ1n) is 5.76. The lowest BCUT2D eigenvalue weighted by molar-refractivity contribution is 0.239. The van der Waals surface area contributed by atoms with E-state index in [1.807, 2.05) is 11.3 Å². The van der Waals surface area contributed by atoms with Crippen molar-refractivity contribution in [1.82, 2.24) is 10.2 Å². The van der Waals surface area contributed by atoms with Crippen molar-refractivity contribution in [2.75, 3.05) is 26.7 Å². The highest BCUT2D eigenvalue weighted by atomic mass is 32.1. The van der Waals surface area contributed by atoms with Gasteiger partial charge in [-0.05, 0) is 50.3 Å². The van der Waals surface area contributed by atoms with E-state index in [0.717, 1.165) is 12.5 Å². The topological polar surface area (TPSA) is 15.3 Å². The van der Waals surface area contributed by atoms with Gasteiger partial charge in [0.1, 0.15) is 0 Å². The zero-order chi connectivity index (χ0) is 10.5. The molecule has 15 heavy (non-hydrogen) atoms. The van der Waals surface area contributed by atoms with E-state index >= 15 is 0 Å². The summed E-state index contributed by atoms with van der Waals surface area (Å²) in [5.74, 6) is 0.851. The van der Waals surface area contributed by atoms with Crippen molar-refractivity contribution in [3.05, 3.63) is 22.4 Å². The van der Waals surface area contributed by atoms with Crippen LogP contribution in [-0.4, -0.2) is 31.6 Å². The molecule has 1 fully saturated rings. The van der Waals surface area contributed by atoms with Crippen LogP contribution in [0, 0.1) is 5.92 Å². The summed E-state index contributed by atoms with van der Waals surface area (Å²) in [5, 5.41) is 5.63. The molecule has 0 radical (unpaired) electrons. The van der Waals surface area contributed by atoms with Gasteiger partial charge in [-0.1, -0.05) is 6.07 Å². The summed E-state index contributed by atoms with van der Waals surface area (Å²) in [6, 6.07) is 4.36. The van der Waals surface area contributed by atoms with Crippen LogP contribution in [0.4, 0.5) is 0 Å². The maximum atomic E-state index is 3.47.